The molecule has 0 aliphatic carbocycles. The van der Waals surface area contributed by atoms with Gasteiger partial charge in [-0.25, -0.2) is 9.29 Å². The van der Waals surface area contributed by atoms with E-state index in [-0.39, 0.29) is 16.4 Å². The van der Waals surface area contributed by atoms with Crippen molar-refractivity contribution in [1.82, 2.24) is 0 Å². The van der Waals surface area contributed by atoms with Crippen LogP contribution in [-0.4, -0.2) is 11.8 Å². The van der Waals surface area contributed by atoms with Crippen LogP contribution in [-0.2, 0) is 9.59 Å². The number of nitrogens with one attached hydrogen (secondary N) is 1. The molecule has 0 spiro atoms. The van der Waals surface area contributed by atoms with Crippen LogP contribution in [0.4, 0.5) is 15.8 Å². The SMILES string of the molecule is Cc1cc(I)ccc1NC1=C(Cl)C(=O)N(c2ccc(F)cc2)C1=O. The molecule has 0 bridgehead atoms. The van der Waals surface area contributed by atoms with Gasteiger partial charge in [0.05, 0.1) is 5.69 Å². The number of carbonyl (C=O) groups is 2. The number of hydrogen-bond donors (Lipinski definition) is 1. The average molecular weight is 457 g/mol. The Balaban J connectivity index is 1.93. The highest BCUT2D eigenvalue weighted by Crippen LogP contribution is 2.31. The predicted octanol–water partition coefficient (Wildman–Crippen LogP) is 4.17. The number of halogens is 3. The van der Waals surface area contributed by atoms with Crippen LogP contribution in [0, 0.1) is 16.3 Å². The normalized spacial score (nSPS) is 14.6. The van der Waals surface area contributed by atoms with Crippen LogP contribution in [0.5, 0.6) is 0 Å². The Labute approximate surface area is 156 Å². The maximum absolute atomic E-state index is 13.0. The molecule has 1 N–H and O–H groups in total. The fourth-order valence-corrected chi connectivity index (χ4v) is 3.20. The largest absolute Gasteiger partial charge is 0.349 e. The van der Waals surface area contributed by atoms with Gasteiger partial charge >= 0.3 is 0 Å². The highest BCUT2D eigenvalue weighted by atomic mass is 127. The van der Waals surface area contributed by atoms with Crippen LogP contribution >= 0.6 is 34.2 Å². The molecule has 122 valence electrons. The summed E-state index contributed by atoms with van der Waals surface area (Å²) in [6.07, 6.45) is 0. The third kappa shape index (κ3) is 3.03. The zero-order chi connectivity index (χ0) is 17.4. The summed E-state index contributed by atoms with van der Waals surface area (Å²) < 4.78 is 14.1. The first kappa shape index (κ1) is 16.9. The summed E-state index contributed by atoms with van der Waals surface area (Å²) in [4.78, 5) is 25.8. The molecule has 2 aromatic carbocycles. The van der Waals surface area contributed by atoms with E-state index < -0.39 is 17.6 Å². The topological polar surface area (TPSA) is 49.4 Å². The Morgan fingerprint density at radius 1 is 1.08 bits per heavy atom. The lowest BCUT2D eigenvalue weighted by Gasteiger charge is -2.15. The van der Waals surface area contributed by atoms with Crippen molar-refractivity contribution in [3.8, 4) is 0 Å². The average Bonchev–Trinajstić information content (AvgIpc) is 2.74. The van der Waals surface area contributed by atoms with Gasteiger partial charge in [0.25, 0.3) is 11.8 Å². The summed E-state index contributed by atoms with van der Waals surface area (Å²) in [7, 11) is 0. The Morgan fingerprint density at radius 2 is 1.75 bits per heavy atom. The maximum atomic E-state index is 13.0. The molecule has 24 heavy (non-hydrogen) atoms. The van der Waals surface area contributed by atoms with Crippen molar-refractivity contribution in [2.45, 2.75) is 6.92 Å². The second-order valence-corrected chi connectivity index (χ2v) is 6.82. The summed E-state index contributed by atoms with van der Waals surface area (Å²) in [6.45, 7) is 1.89. The molecule has 0 aromatic heterocycles. The number of aryl methyl sites for hydroxylation is 1. The van der Waals surface area contributed by atoms with Crippen LogP contribution in [0.25, 0.3) is 0 Å². The molecule has 1 heterocycles. The summed E-state index contributed by atoms with van der Waals surface area (Å²) in [5, 5.41) is 2.74. The Hall–Kier alpha value is -1.93. The van der Waals surface area contributed by atoms with Crippen molar-refractivity contribution in [2.24, 2.45) is 0 Å². The lowest BCUT2D eigenvalue weighted by Crippen LogP contribution is -2.32. The molecule has 2 amide bonds. The third-order valence-corrected chi connectivity index (χ3v) is 4.58. The van der Waals surface area contributed by atoms with Crippen LogP contribution in [0.1, 0.15) is 5.56 Å². The molecule has 7 heteroatoms. The summed E-state index contributed by atoms with van der Waals surface area (Å²) >= 11 is 8.25. The zero-order valence-corrected chi connectivity index (χ0v) is 15.4. The van der Waals surface area contributed by atoms with Gasteiger partial charge in [0, 0.05) is 9.26 Å². The second-order valence-electron chi connectivity index (χ2n) is 5.20. The van der Waals surface area contributed by atoms with Gasteiger partial charge < -0.3 is 5.32 Å². The highest BCUT2D eigenvalue weighted by Gasteiger charge is 2.39. The van der Waals surface area contributed by atoms with Crippen molar-refractivity contribution in [2.75, 3.05) is 10.2 Å². The number of hydrogen-bond acceptors (Lipinski definition) is 3. The lowest BCUT2D eigenvalue weighted by atomic mass is 10.2. The number of rotatable bonds is 3. The molecule has 3 rings (SSSR count). The minimum absolute atomic E-state index is 0.00954. The van der Waals surface area contributed by atoms with Crippen molar-refractivity contribution < 1.29 is 14.0 Å². The zero-order valence-electron chi connectivity index (χ0n) is 12.4. The standard InChI is InChI=1S/C17H11ClFIN2O2/c1-9-8-11(20)4-7-13(9)21-15-14(18)16(23)22(17(15)24)12-5-2-10(19)3-6-12/h2-8,21H,1H3. The van der Waals surface area contributed by atoms with Gasteiger partial charge in [-0.15, -0.1) is 0 Å². The number of nitrogens with zero attached hydrogens (tertiary/aromatic N) is 1. The van der Waals surface area contributed by atoms with Crippen LogP contribution in [0.3, 0.4) is 0 Å². The van der Waals surface area contributed by atoms with Crippen LogP contribution in [0.2, 0.25) is 0 Å². The molecule has 1 aliphatic rings. The molecule has 0 saturated heterocycles. The lowest BCUT2D eigenvalue weighted by molar-refractivity contribution is -0.120. The minimum atomic E-state index is -0.640. The van der Waals surface area contributed by atoms with E-state index in [0.29, 0.717) is 5.69 Å². The van der Waals surface area contributed by atoms with E-state index in [2.05, 4.69) is 27.9 Å². The first-order valence-corrected chi connectivity index (χ1v) is 8.41. The molecular weight excluding hydrogens is 446 g/mol. The molecule has 0 fully saturated rings. The minimum Gasteiger partial charge on any atom is -0.349 e. The summed E-state index contributed by atoms with van der Waals surface area (Å²) in [5.74, 6) is -1.67. The number of imide groups is 1. The van der Waals surface area contributed by atoms with Gasteiger partial charge in [-0.05, 0) is 77.5 Å². The number of anilines is 2. The monoisotopic (exact) mass is 456 g/mol. The molecule has 0 atom stereocenters. The molecule has 4 nitrogen and oxygen atoms in total. The smallest absolute Gasteiger partial charge is 0.283 e. The quantitative estimate of drug-likeness (QED) is 0.557. The first-order chi connectivity index (χ1) is 11.4. The van der Waals surface area contributed by atoms with Crippen molar-refractivity contribution in [1.29, 1.82) is 0 Å². The Kier molecular flexibility index (Phi) is 4.60. The number of benzene rings is 2. The van der Waals surface area contributed by atoms with Gasteiger partial charge in [0.15, 0.2) is 0 Å². The molecule has 0 unspecified atom stereocenters. The van der Waals surface area contributed by atoms with E-state index in [4.69, 9.17) is 11.6 Å². The van der Waals surface area contributed by atoms with Crippen molar-refractivity contribution in [3.05, 3.63) is 68.1 Å². The molecule has 2 aromatic rings. The highest BCUT2D eigenvalue weighted by molar-refractivity contribution is 14.1. The third-order valence-electron chi connectivity index (χ3n) is 3.56. The van der Waals surface area contributed by atoms with E-state index in [0.717, 1.165) is 14.0 Å². The number of carbonyl (C=O) groups excluding carboxylic acids is 2. The van der Waals surface area contributed by atoms with Crippen molar-refractivity contribution >= 4 is 57.4 Å². The van der Waals surface area contributed by atoms with Gasteiger partial charge in [-0.2, -0.15) is 0 Å². The Bertz CT molecular complexity index is 881. The van der Waals surface area contributed by atoms with E-state index in [1.165, 1.54) is 24.3 Å². The molecular formula is C17H11ClFIN2O2. The van der Waals surface area contributed by atoms with Gasteiger partial charge in [-0.3, -0.25) is 9.59 Å². The van der Waals surface area contributed by atoms with E-state index in [1.54, 1.807) is 0 Å². The van der Waals surface area contributed by atoms with Crippen LogP contribution < -0.4 is 10.2 Å². The van der Waals surface area contributed by atoms with E-state index in [1.807, 2.05) is 25.1 Å². The maximum Gasteiger partial charge on any atom is 0.283 e. The number of amides is 2. The second kappa shape index (κ2) is 6.52. The summed E-state index contributed by atoms with van der Waals surface area (Å²) in [5.41, 5.74) is 1.88. The van der Waals surface area contributed by atoms with Crippen LogP contribution in [0.15, 0.2) is 53.2 Å². The fourth-order valence-electron chi connectivity index (χ4n) is 2.34. The van der Waals surface area contributed by atoms with Crippen molar-refractivity contribution in [3.63, 3.8) is 0 Å². The van der Waals surface area contributed by atoms with Gasteiger partial charge in [0.2, 0.25) is 0 Å². The molecule has 0 saturated carbocycles. The Morgan fingerprint density at radius 3 is 2.38 bits per heavy atom. The van der Waals surface area contributed by atoms with E-state index >= 15 is 0 Å². The van der Waals surface area contributed by atoms with Gasteiger partial charge in [0.1, 0.15) is 16.5 Å². The fraction of sp³-hybridized carbons (Fsp3) is 0.0588. The summed E-state index contributed by atoms with van der Waals surface area (Å²) in [6, 6.07) is 10.7. The predicted molar refractivity (Wildman–Crippen MR) is 99.3 cm³/mol. The molecule has 0 radical (unpaired) electrons. The van der Waals surface area contributed by atoms with Gasteiger partial charge in [-0.1, -0.05) is 11.6 Å². The first-order valence-electron chi connectivity index (χ1n) is 6.96. The van der Waals surface area contributed by atoms with E-state index in [9.17, 15) is 14.0 Å². The molecule has 1 aliphatic heterocycles.